The third-order valence-corrected chi connectivity index (χ3v) is 7.06. The summed E-state index contributed by atoms with van der Waals surface area (Å²) in [6.45, 7) is 1.67. The number of rotatable bonds is 7. The summed E-state index contributed by atoms with van der Waals surface area (Å²) in [7, 11) is 0. The maximum Gasteiger partial charge on any atom is 0.257 e. The molecular weight excluding hydrogens is 468 g/mol. The van der Waals surface area contributed by atoms with Crippen LogP contribution in [0.4, 0.5) is 0 Å². The first-order chi connectivity index (χ1) is 16.6. The first kappa shape index (κ1) is 23.0. The second-order valence-corrected chi connectivity index (χ2v) is 9.71. The van der Waals surface area contributed by atoms with Gasteiger partial charge in [-0.05, 0) is 61.1 Å². The Kier molecular flexibility index (Phi) is 6.90. The Labute approximate surface area is 208 Å². The average molecular weight is 493 g/mol. The van der Waals surface area contributed by atoms with E-state index in [-0.39, 0.29) is 12.0 Å². The molecule has 174 valence electrons. The molecule has 1 unspecified atom stereocenters. The van der Waals surface area contributed by atoms with E-state index in [1.807, 2.05) is 29.2 Å². The highest BCUT2D eigenvalue weighted by atomic mass is 35.5. The molecule has 1 atom stereocenters. The number of hydrogen-bond donors (Lipinski definition) is 0. The lowest BCUT2D eigenvalue weighted by molar-refractivity contribution is 0.0507. The van der Waals surface area contributed by atoms with Crippen LogP contribution in [-0.2, 0) is 11.3 Å². The van der Waals surface area contributed by atoms with E-state index in [2.05, 4.69) is 30.5 Å². The van der Waals surface area contributed by atoms with Gasteiger partial charge in [0, 0.05) is 40.6 Å². The topological polar surface area (TPSA) is 55.6 Å². The Hall–Kier alpha value is -2.80. The highest BCUT2D eigenvalue weighted by Gasteiger charge is 2.25. The maximum atomic E-state index is 13.4. The second-order valence-electron chi connectivity index (χ2n) is 8.39. The van der Waals surface area contributed by atoms with Crippen LogP contribution in [0.1, 0.15) is 28.8 Å². The van der Waals surface area contributed by atoms with Crippen LogP contribution < -0.4 is 0 Å². The lowest BCUT2D eigenvalue weighted by atomic mass is 10.0. The second kappa shape index (κ2) is 10.2. The van der Waals surface area contributed by atoms with Crippen molar-refractivity contribution in [2.75, 3.05) is 19.4 Å². The molecule has 7 heteroatoms. The molecule has 0 aliphatic carbocycles. The number of aromatic nitrogens is 1. The van der Waals surface area contributed by atoms with Gasteiger partial charge in [0.2, 0.25) is 0 Å². The number of carbonyl (C=O) groups is 1. The highest BCUT2D eigenvalue weighted by molar-refractivity contribution is 7.98. The molecule has 1 aliphatic heterocycles. The minimum Gasteiger partial charge on any atom is -0.472 e. The van der Waals surface area contributed by atoms with Crippen LogP contribution in [0.2, 0.25) is 5.02 Å². The van der Waals surface area contributed by atoms with Crippen LogP contribution >= 0.6 is 23.4 Å². The van der Waals surface area contributed by atoms with Gasteiger partial charge in [-0.3, -0.25) is 4.79 Å². The van der Waals surface area contributed by atoms with Crippen LogP contribution in [0.15, 0.2) is 76.4 Å². The Balaban J connectivity index is 1.58. The van der Waals surface area contributed by atoms with Gasteiger partial charge in [0.15, 0.2) is 0 Å². The summed E-state index contributed by atoms with van der Waals surface area (Å²) in [6, 6.07) is 17.8. The monoisotopic (exact) mass is 492 g/mol. The quantitative estimate of drug-likeness (QED) is 0.269. The molecule has 4 aromatic rings. The summed E-state index contributed by atoms with van der Waals surface area (Å²) >= 11 is 7.84. The van der Waals surface area contributed by atoms with E-state index in [9.17, 15) is 4.79 Å². The fourth-order valence-electron chi connectivity index (χ4n) is 4.32. The largest absolute Gasteiger partial charge is 0.472 e. The van der Waals surface area contributed by atoms with Gasteiger partial charge >= 0.3 is 0 Å². The van der Waals surface area contributed by atoms with Crippen molar-refractivity contribution >= 4 is 40.2 Å². The number of thioether (sulfide) groups is 1. The molecule has 0 saturated carbocycles. The van der Waals surface area contributed by atoms with E-state index >= 15 is 0 Å². The minimum absolute atomic E-state index is 0.0346. The predicted molar refractivity (Wildman–Crippen MR) is 136 cm³/mol. The summed E-state index contributed by atoms with van der Waals surface area (Å²) in [4.78, 5) is 21.5. The zero-order valence-corrected chi connectivity index (χ0v) is 20.4. The number of amides is 1. The van der Waals surface area contributed by atoms with Gasteiger partial charge in [0.05, 0.1) is 29.1 Å². The molecule has 5 nitrogen and oxygen atoms in total. The molecule has 1 fully saturated rings. The Bertz CT molecular complexity index is 1290. The number of pyridine rings is 1. The molecule has 2 aromatic carbocycles. The number of carbonyl (C=O) groups excluding carboxylic acids is 1. The Morgan fingerprint density at radius 3 is 2.74 bits per heavy atom. The van der Waals surface area contributed by atoms with Crippen molar-refractivity contribution < 1.29 is 13.9 Å². The Morgan fingerprint density at radius 1 is 1.18 bits per heavy atom. The van der Waals surface area contributed by atoms with Crippen LogP contribution in [0.5, 0.6) is 0 Å². The SMILES string of the molecule is CSc1ccc2cc(CN(CC3CCCO3)C(=O)c3ccoc3)c(-c3ccc(Cl)cc3)nc2c1. The molecule has 2 aromatic heterocycles. The highest BCUT2D eigenvalue weighted by Crippen LogP contribution is 2.30. The summed E-state index contributed by atoms with van der Waals surface area (Å²) in [6.07, 6.45) is 7.08. The molecule has 0 bridgehead atoms. The standard InChI is InChI=1S/C27H25ClN2O3S/c1-34-24-9-6-19-13-21(26(29-25(19)14-24)18-4-7-22(28)8-5-18)15-30(16-23-3-2-11-33-23)27(31)20-10-12-32-17-20/h4-10,12-14,17,23H,2-3,11,15-16H2,1H3. The van der Waals surface area contributed by atoms with E-state index in [4.69, 9.17) is 25.7 Å². The van der Waals surface area contributed by atoms with Crippen LogP contribution in [0.25, 0.3) is 22.2 Å². The van der Waals surface area contributed by atoms with E-state index in [1.165, 1.54) is 12.5 Å². The molecule has 1 aliphatic rings. The first-order valence-corrected chi connectivity index (χ1v) is 12.9. The molecule has 1 amide bonds. The summed E-state index contributed by atoms with van der Waals surface area (Å²) in [5.74, 6) is -0.0795. The first-order valence-electron chi connectivity index (χ1n) is 11.3. The number of fused-ring (bicyclic) bond motifs is 1. The van der Waals surface area contributed by atoms with E-state index in [1.54, 1.807) is 17.8 Å². The van der Waals surface area contributed by atoms with Gasteiger partial charge in [0.25, 0.3) is 5.91 Å². The summed E-state index contributed by atoms with van der Waals surface area (Å²) < 4.78 is 11.0. The van der Waals surface area contributed by atoms with Gasteiger partial charge in [-0.2, -0.15) is 0 Å². The third kappa shape index (κ3) is 4.99. The van der Waals surface area contributed by atoms with Crippen molar-refractivity contribution in [2.45, 2.75) is 30.4 Å². The van der Waals surface area contributed by atoms with Crippen LogP contribution in [-0.4, -0.2) is 41.3 Å². The van der Waals surface area contributed by atoms with Gasteiger partial charge < -0.3 is 14.1 Å². The predicted octanol–water partition coefficient (Wildman–Crippen LogP) is 6.69. The molecule has 0 N–H and O–H groups in total. The normalized spacial score (nSPS) is 15.6. The van der Waals surface area contributed by atoms with Gasteiger partial charge in [-0.1, -0.05) is 29.8 Å². The average Bonchev–Trinajstić information content (AvgIpc) is 3.58. The van der Waals surface area contributed by atoms with Crippen molar-refractivity contribution in [3.63, 3.8) is 0 Å². The van der Waals surface area contributed by atoms with E-state index in [0.717, 1.165) is 52.1 Å². The zero-order chi connectivity index (χ0) is 23.5. The van der Waals surface area contributed by atoms with Crippen molar-refractivity contribution in [3.05, 3.63) is 83.3 Å². The number of furan rings is 1. The maximum absolute atomic E-state index is 13.4. The number of halogens is 1. The zero-order valence-electron chi connectivity index (χ0n) is 18.9. The number of hydrogen-bond acceptors (Lipinski definition) is 5. The fraction of sp³-hybridized carbons (Fsp3) is 0.259. The van der Waals surface area contributed by atoms with Crippen molar-refractivity contribution in [3.8, 4) is 11.3 Å². The van der Waals surface area contributed by atoms with Crippen LogP contribution in [0.3, 0.4) is 0 Å². The van der Waals surface area contributed by atoms with E-state index in [0.29, 0.717) is 23.7 Å². The lowest BCUT2D eigenvalue weighted by Gasteiger charge is -2.26. The molecular formula is C27H25ClN2O3S. The van der Waals surface area contributed by atoms with E-state index < -0.39 is 0 Å². The lowest BCUT2D eigenvalue weighted by Crippen LogP contribution is -2.37. The molecule has 34 heavy (non-hydrogen) atoms. The smallest absolute Gasteiger partial charge is 0.257 e. The Morgan fingerprint density at radius 2 is 2.03 bits per heavy atom. The van der Waals surface area contributed by atoms with Crippen molar-refractivity contribution in [2.24, 2.45) is 0 Å². The fourth-order valence-corrected chi connectivity index (χ4v) is 4.88. The van der Waals surface area contributed by atoms with Crippen molar-refractivity contribution in [1.29, 1.82) is 0 Å². The molecule has 5 rings (SSSR count). The molecule has 0 spiro atoms. The molecule has 1 saturated heterocycles. The third-order valence-electron chi connectivity index (χ3n) is 6.09. The van der Waals surface area contributed by atoms with Crippen molar-refractivity contribution in [1.82, 2.24) is 9.88 Å². The van der Waals surface area contributed by atoms with Crippen LogP contribution in [0, 0.1) is 0 Å². The molecule has 0 radical (unpaired) electrons. The van der Waals surface area contributed by atoms with Gasteiger partial charge in [0.1, 0.15) is 6.26 Å². The summed E-state index contributed by atoms with van der Waals surface area (Å²) in [5, 5.41) is 1.71. The molecule has 3 heterocycles. The summed E-state index contributed by atoms with van der Waals surface area (Å²) in [5.41, 5.74) is 4.24. The van der Waals surface area contributed by atoms with Gasteiger partial charge in [-0.15, -0.1) is 11.8 Å². The number of benzene rings is 2. The minimum atomic E-state index is -0.0795. The number of ether oxygens (including phenoxy) is 1. The number of nitrogens with zero attached hydrogens (tertiary/aromatic N) is 2. The van der Waals surface area contributed by atoms with Gasteiger partial charge in [-0.25, -0.2) is 4.98 Å².